The van der Waals surface area contributed by atoms with E-state index < -0.39 is 0 Å². The van der Waals surface area contributed by atoms with E-state index in [0.717, 1.165) is 46.0 Å². The van der Waals surface area contributed by atoms with Crippen molar-refractivity contribution >= 4 is 23.4 Å². The summed E-state index contributed by atoms with van der Waals surface area (Å²) >= 11 is 7.70. The van der Waals surface area contributed by atoms with Crippen LogP contribution >= 0.6 is 23.4 Å². The van der Waals surface area contributed by atoms with E-state index >= 15 is 0 Å². The van der Waals surface area contributed by atoms with Gasteiger partial charge in [0, 0.05) is 27.9 Å². The third-order valence-electron chi connectivity index (χ3n) is 2.93. The maximum Gasteiger partial charge on any atom is 0.192 e. The molecule has 1 aromatic heterocycles. The van der Waals surface area contributed by atoms with Gasteiger partial charge in [-0.05, 0) is 62.3 Å². The first-order valence-corrected chi connectivity index (χ1v) is 8.27. The van der Waals surface area contributed by atoms with Crippen molar-refractivity contribution in [3.8, 4) is 0 Å². The van der Waals surface area contributed by atoms with Crippen LogP contribution in [0.15, 0.2) is 34.3 Å². The second kappa shape index (κ2) is 7.78. The Labute approximate surface area is 135 Å². The van der Waals surface area contributed by atoms with Gasteiger partial charge in [-0.25, -0.2) is 9.97 Å². The molecule has 0 spiro atoms. The number of nitrogens with zero attached hydrogens (tertiary/aromatic N) is 2. The van der Waals surface area contributed by atoms with E-state index in [2.05, 4.69) is 28.3 Å². The average Bonchev–Trinajstić information content (AvgIpc) is 2.40. The highest BCUT2D eigenvalue weighted by atomic mass is 35.5. The van der Waals surface area contributed by atoms with Crippen molar-refractivity contribution in [1.82, 2.24) is 15.3 Å². The summed E-state index contributed by atoms with van der Waals surface area (Å²) < 4.78 is 0. The van der Waals surface area contributed by atoms with Crippen LogP contribution in [0, 0.1) is 13.8 Å². The number of hydrogen-bond donors (Lipinski definition) is 1. The van der Waals surface area contributed by atoms with Crippen molar-refractivity contribution in [3.05, 3.63) is 46.2 Å². The van der Waals surface area contributed by atoms with Gasteiger partial charge < -0.3 is 5.32 Å². The summed E-state index contributed by atoms with van der Waals surface area (Å²) in [4.78, 5) is 10.1. The SMILES string of the molecule is CCCNCc1ccc(Cl)cc1Sc1nc(C)cc(C)n1. The molecule has 21 heavy (non-hydrogen) atoms. The van der Waals surface area contributed by atoms with Crippen LogP contribution in [0.3, 0.4) is 0 Å². The Balaban J connectivity index is 2.22. The van der Waals surface area contributed by atoms with Crippen molar-refractivity contribution in [2.45, 2.75) is 43.8 Å². The molecule has 0 radical (unpaired) electrons. The van der Waals surface area contributed by atoms with Crippen LogP contribution in [0.25, 0.3) is 0 Å². The topological polar surface area (TPSA) is 37.8 Å². The Bertz CT molecular complexity index is 596. The first-order chi connectivity index (χ1) is 10.1. The highest BCUT2D eigenvalue weighted by Crippen LogP contribution is 2.30. The van der Waals surface area contributed by atoms with E-state index in [0.29, 0.717) is 0 Å². The van der Waals surface area contributed by atoms with E-state index in [4.69, 9.17) is 11.6 Å². The number of aromatic nitrogens is 2. The molecular formula is C16H20ClN3S. The van der Waals surface area contributed by atoms with Crippen molar-refractivity contribution in [1.29, 1.82) is 0 Å². The summed E-state index contributed by atoms with van der Waals surface area (Å²) in [6.45, 7) is 7.97. The largest absolute Gasteiger partial charge is 0.313 e. The van der Waals surface area contributed by atoms with E-state index in [-0.39, 0.29) is 0 Å². The molecule has 0 unspecified atom stereocenters. The summed E-state index contributed by atoms with van der Waals surface area (Å²) in [7, 11) is 0. The van der Waals surface area contributed by atoms with Crippen molar-refractivity contribution in [2.24, 2.45) is 0 Å². The summed E-state index contributed by atoms with van der Waals surface area (Å²) in [5, 5.41) is 4.93. The third-order valence-corrected chi connectivity index (χ3v) is 4.13. The molecule has 2 rings (SSSR count). The molecule has 0 atom stereocenters. The summed E-state index contributed by atoms with van der Waals surface area (Å²) in [5.74, 6) is 0. The third kappa shape index (κ3) is 4.99. The summed E-state index contributed by atoms with van der Waals surface area (Å²) in [6, 6.07) is 7.95. The number of benzene rings is 1. The number of aryl methyl sites for hydroxylation is 2. The molecule has 0 bridgehead atoms. The van der Waals surface area contributed by atoms with Crippen LogP contribution in [0.4, 0.5) is 0 Å². The molecule has 5 heteroatoms. The van der Waals surface area contributed by atoms with Gasteiger partial charge >= 0.3 is 0 Å². The van der Waals surface area contributed by atoms with E-state index in [1.165, 1.54) is 5.56 Å². The van der Waals surface area contributed by atoms with Crippen molar-refractivity contribution in [2.75, 3.05) is 6.54 Å². The first-order valence-electron chi connectivity index (χ1n) is 7.07. The van der Waals surface area contributed by atoms with E-state index in [9.17, 15) is 0 Å². The van der Waals surface area contributed by atoms with E-state index in [1.807, 2.05) is 32.0 Å². The maximum atomic E-state index is 6.13. The van der Waals surface area contributed by atoms with Crippen molar-refractivity contribution < 1.29 is 0 Å². The minimum atomic E-state index is 0.737. The predicted octanol–water partition coefficient (Wildman–Crippen LogP) is 4.40. The fraction of sp³-hybridized carbons (Fsp3) is 0.375. The average molecular weight is 322 g/mol. The fourth-order valence-electron chi connectivity index (χ4n) is 2.01. The number of rotatable bonds is 6. The first kappa shape index (κ1) is 16.3. The van der Waals surface area contributed by atoms with Crippen molar-refractivity contribution in [3.63, 3.8) is 0 Å². The van der Waals surface area contributed by atoms with Crippen LogP contribution in [0.1, 0.15) is 30.3 Å². The molecule has 1 aromatic carbocycles. The lowest BCUT2D eigenvalue weighted by Crippen LogP contribution is -2.14. The van der Waals surface area contributed by atoms with E-state index in [1.54, 1.807) is 11.8 Å². The second-order valence-electron chi connectivity index (χ2n) is 4.96. The Morgan fingerprint density at radius 1 is 1.14 bits per heavy atom. The molecule has 1 N–H and O–H groups in total. The van der Waals surface area contributed by atoms with Crippen LogP contribution in [-0.2, 0) is 6.54 Å². The smallest absolute Gasteiger partial charge is 0.192 e. The lowest BCUT2D eigenvalue weighted by Gasteiger charge is -2.10. The monoisotopic (exact) mass is 321 g/mol. The zero-order valence-corrected chi connectivity index (χ0v) is 14.2. The van der Waals surface area contributed by atoms with Gasteiger partial charge in [-0.2, -0.15) is 0 Å². The van der Waals surface area contributed by atoms with Crippen LogP contribution < -0.4 is 5.32 Å². The normalized spacial score (nSPS) is 10.9. The highest BCUT2D eigenvalue weighted by molar-refractivity contribution is 7.99. The molecular weight excluding hydrogens is 302 g/mol. The summed E-state index contributed by atoms with van der Waals surface area (Å²) in [6.07, 6.45) is 1.12. The van der Waals surface area contributed by atoms with Gasteiger partial charge in [0.1, 0.15) is 0 Å². The van der Waals surface area contributed by atoms with Crippen LogP contribution in [0.2, 0.25) is 5.02 Å². The molecule has 112 valence electrons. The fourth-order valence-corrected chi connectivity index (χ4v) is 3.28. The second-order valence-corrected chi connectivity index (χ2v) is 6.41. The molecule has 0 aliphatic carbocycles. The molecule has 2 aromatic rings. The van der Waals surface area contributed by atoms with Gasteiger partial charge in [-0.1, -0.05) is 24.6 Å². The molecule has 3 nitrogen and oxygen atoms in total. The lowest BCUT2D eigenvalue weighted by molar-refractivity contribution is 0.669. The quantitative estimate of drug-likeness (QED) is 0.632. The Morgan fingerprint density at radius 3 is 2.52 bits per heavy atom. The number of nitrogens with one attached hydrogen (secondary N) is 1. The lowest BCUT2D eigenvalue weighted by atomic mass is 10.2. The Hall–Kier alpha value is -1.10. The van der Waals surface area contributed by atoms with Gasteiger partial charge in [0.05, 0.1) is 0 Å². The molecule has 0 saturated carbocycles. The minimum Gasteiger partial charge on any atom is -0.313 e. The maximum absolute atomic E-state index is 6.13. The Kier molecular flexibility index (Phi) is 6.03. The number of halogens is 1. The zero-order valence-electron chi connectivity index (χ0n) is 12.6. The predicted molar refractivity (Wildman–Crippen MR) is 89.1 cm³/mol. The molecule has 1 heterocycles. The molecule has 0 saturated heterocycles. The van der Waals surface area contributed by atoms with Crippen LogP contribution in [-0.4, -0.2) is 16.5 Å². The van der Waals surface area contributed by atoms with Gasteiger partial charge in [-0.15, -0.1) is 0 Å². The molecule has 0 fully saturated rings. The zero-order chi connectivity index (χ0) is 15.2. The van der Waals surface area contributed by atoms with Gasteiger partial charge in [-0.3, -0.25) is 0 Å². The minimum absolute atomic E-state index is 0.737. The number of hydrogen-bond acceptors (Lipinski definition) is 4. The van der Waals surface area contributed by atoms with Crippen LogP contribution in [0.5, 0.6) is 0 Å². The standard InChI is InChI=1S/C16H20ClN3S/c1-4-7-18-10-13-5-6-14(17)9-15(13)21-16-19-11(2)8-12(3)20-16/h5-6,8-9,18H,4,7,10H2,1-3H3. The molecule has 0 amide bonds. The summed E-state index contributed by atoms with van der Waals surface area (Å²) in [5.41, 5.74) is 3.19. The molecule has 0 aliphatic heterocycles. The van der Waals surface area contributed by atoms with Gasteiger partial charge in [0.25, 0.3) is 0 Å². The van der Waals surface area contributed by atoms with Gasteiger partial charge in [0.15, 0.2) is 5.16 Å². The Morgan fingerprint density at radius 2 is 1.86 bits per heavy atom. The highest BCUT2D eigenvalue weighted by Gasteiger charge is 2.08. The molecule has 0 aliphatic rings. The van der Waals surface area contributed by atoms with Gasteiger partial charge in [0.2, 0.25) is 0 Å².